The fourth-order valence-corrected chi connectivity index (χ4v) is 4.51. The molecule has 1 aliphatic carbocycles. The Labute approximate surface area is 154 Å². The summed E-state index contributed by atoms with van der Waals surface area (Å²) in [5, 5.41) is 6.62. The molecule has 2 N–H and O–H groups in total. The molecule has 0 aliphatic heterocycles. The lowest BCUT2D eigenvalue weighted by Gasteiger charge is -2.14. The van der Waals surface area contributed by atoms with Gasteiger partial charge in [0, 0.05) is 24.3 Å². The smallest absolute Gasteiger partial charge is 0.296 e. The summed E-state index contributed by atoms with van der Waals surface area (Å²) in [4.78, 5) is 25.5. The molecule has 0 amide bonds. The molecule has 9 nitrogen and oxygen atoms in total. The number of hydrogen-bond donors (Lipinski definition) is 2. The Bertz CT molecular complexity index is 1250. The van der Waals surface area contributed by atoms with Crippen LogP contribution in [0.15, 0.2) is 45.1 Å². The quantitative estimate of drug-likeness (QED) is 0.651. The number of nitrogens with zero attached hydrogens (tertiary/aromatic N) is 3. The third kappa shape index (κ3) is 3.10. The molecule has 1 saturated carbocycles. The largest absolute Gasteiger partial charge is 0.331 e. The second-order valence-corrected chi connectivity index (χ2v) is 8.87. The van der Waals surface area contributed by atoms with Crippen molar-refractivity contribution in [1.82, 2.24) is 24.1 Å². The van der Waals surface area contributed by atoms with Crippen molar-refractivity contribution in [2.24, 2.45) is 7.05 Å². The molecule has 0 bridgehead atoms. The molecule has 0 radical (unpaired) electrons. The number of aryl methyl sites for hydroxylation is 1. The summed E-state index contributed by atoms with van der Waals surface area (Å²) in [7, 11) is -2.20. The van der Waals surface area contributed by atoms with Crippen LogP contribution >= 0.6 is 0 Å². The van der Waals surface area contributed by atoms with E-state index in [4.69, 9.17) is 0 Å². The highest BCUT2D eigenvalue weighted by Gasteiger charge is 2.41. The van der Waals surface area contributed by atoms with Crippen molar-refractivity contribution >= 4 is 20.9 Å². The van der Waals surface area contributed by atoms with Gasteiger partial charge in [-0.05, 0) is 38.0 Å². The van der Waals surface area contributed by atoms with Gasteiger partial charge in [-0.25, -0.2) is 17.9 Å². The molecule has 0 spiro atoms. The molecular weight excluding hydrogens is 370 g/mol. The molecule has 142 valence electrons. The Morgan fingerprint density at radius 2 is 2.04 bits per heavy atom. The zero-order valence-electron chi connectivity index (χ0n) is 14.9. The van der Waals surface area contributed by atoms with Gasteiger partial charge in [-0.15, -0.1) is 0 Å². The van der Waals surface area contributed by atoms with Crippen molar-refractivity contribution in [3.63, 3.8) is 0 Å². The van der Waals surface area contributed by atoms with E-state index in [1.54, 1.807) is 13.2 Å². The second kappa shape index (κ2) is 5.89. The summed E-state index contributed by atoms with van der Waals surface area (Å²) < 4.78 is 30.3. The van der Waals surface area contributed by atoms with Gasteiger partial charge in [0.15, 0.2) is 0 Å². The van der Waals surface area contributed by atoms with E-state index < -0.39 is 26.8 Å². The Morgan fingerprint density at radius 3 is 2.67 bits per heavy atom. The fourth-order valence-electron chi connectivity index (χ4n) is 3.02. The van der Waals surface area contributed by atoms with Crippen LogP contribution < -0.4 is 16.0 Å². The van der Waals surface area contributed by atoms with Crippen molar-refractivity contribution in [3.05, 3.63) is 57.0 Å². The SMILES string of the molecule is Cn1c(=O)n(Cc2cn[nH]c2)c(=O)c2cc(S(=O)(=O)NC3(C)CC3)ccc21. The standard InChI is InChI=1S/C17H19N5O4S/c1-17(5-6-17)20-27(25,26)12-3-4-14-13(7-12)15(23)22(16(24)21(14)2)10-11-8-18-19-9-11/h3-4,7-9,20H,5-6,10H2,1-2H3,(H,18,19). The predicted octanol–water partition coefficient (Wildman–Crippen LogP) is 0.302. The molecule has 2 heterocycles. The van der Waals surface area contributed by atoms with E-state index in [2.05, 4.69) is 14.9 Å². The van der Waals surface area contributed by atoms with Crippen LogP contribution in [0.5, 0.6) is 0 Å². The monoisotopic (exact) mass is 389 g/mol. The minimum atomic E-state index is -3.75. The summed E-state index contributed by atoms with van der Waals surface area (Å²) in [6.07, 6.45) is 4.69. The van der Waals surface area contributed by atoms with E-state index in [-0.39, 0.29) is 16.8 Å². The van der Waals surface area contributed by atoms with Gasteiger partial charge in [-0.2, -0.15) is 5.10 Å². The lowest BCUT2D eigenvalue weighted by Crippen LogP contribution is -2.39. The van der Waals surface area contributed by atoms with Crippen molar-refractivity contribution in [2.45, 2.75) is 36.7 Å². The number of benzene rings is 1. The minimum Gasteiger partial charge on any atom is -0.296 e. The average molecular weight is 389 g/mol. The lowest BCUT2D eigenvalue weighted by molar-refractivity contribution is 0.558. The summed E-state index contributed by atoms with van der Waals surface area (Å²) in [6.45, 7) is 1.89. The van der Waals surface area contributed by atoms with Crippen LogP contribution in [-0.4, -0.2) is 33.3 Å². The topological polar surface area (TPSA) is 119 Å². The zero-order valence-corrected chi connectivity index (χ0v) is 15.7. The molecule has 3 aromatic rings. The van der Waals surface area contributed by atoms with Crippen LogP contribution in [-0.2, 0) is 23.6 Å². The molecule has 2 aromatic heterocycles. The molecule has 1 aromatic carbocycles. The normalized spacial score (nSPS) is 15.9. The van der Waals surface area contributed by atoms with E-state index in [0.29, 0.717) is 11.1 Å². The molecule has 0 unspecified atom stereocenters. The molecule has 1 aliphatic rings. The van der Waals surface area contributed by atoms with Crippen LogP contribution in [0.1, 0.15) is 25.3 Å². The van der Waals surface area contributed by atoms with Gasteiger partial charge in [-0.1, -0.05) is 0 Å². The molecular formula is C17H19N5O4S. The number of hydrogen-bond acceptors (Lipinski definition) is 5. The Hall–Kier alpha value is -2.72. The Kier molecular flexibility index (Phi) is 3.86. The first-order valence-electron chi connectivity index (χ1n) is 8.45. The Balaban J connectivity index is 1.87. The highest BCUT2D eigenvalue weighted by Crippen LogP contribution is 2.36. The Morgan fingerprint density at radius 1 is 1.30 bits per heavy atom. The van der Waals surface area contributed by atoms with Crippen LogP contribution in [0.2, 0.25) is 0 Å². The molecule has 27 heavy (non-hydrogen) atoms. The van der Waals surface area contributed by atoms with Gasteiger partial charge in [0.2, 0.25) is 10.0 Å². The highest BCUT2D eigenvalue weighted by atomic mass is 32.2. The zero-order chi connectivity index (χ0) is 19.4. The van der Waals surface area contributed by atoms with Gasteiger partial charge in [0.1, 0.15) is 0 Å². The molecule has 0 atom stereocenters. The third-order valence-corrected chi connectivity index (χ3v) is 6.55. The van der Waals surface area contributed by atoms with Crippen LogP contribution in [0.3, 0.4) is 0 Å². The number of nitrogens with one attached hydrogen (secondary N) is 2. The number of H-pyrrole nitrogens is 1. The number of fused-ring (bicyclic) bond motifs is 1. The second-order valence-electron chi connectivity index (χ2n) is 7.18. The van der Waals surface area contributed by atoms with Crippen molar-refractivity contribution < 1.29 is 8.42 Å². The van der Waals surface area contributed by atoms with Crippen LogP contribution in [0.25, 0.3) is 10.9 Å². The molecule has 10 heteroatoms. The van der Waals surface area contributed by atoms with E-state index >= 15 is 0 Å². The van der Waals surface area contributed by atoms with Gasteiger partial charge in [0.05, 0.1) is 28.5 Å². The van der Waals surface area contributed by atoms with Crippen LogP contribution in [0, 0.1) is 0 Å². The van der Waals surface area contributed by atoms with Crippen LogP contribution in [0.4, 0.5) is 0 Å². The summed E-state index contributed by atoms with van der Waals surface area (Å²) in [6, 6.07) is 4.23. The maximum absolute atomic E-state index is 12.9. The molecule has 1 fully saturated rings. The average Bonchev–Trinajstić information content (AvgIpc) is 3.12. The summed E-state index contributed by atoms with van der Waals surface area (Å²) in [5.41, 5.74) is -0.388. The molecule has 4 rings (SSSR count). The first kappa shape index (κ1) is 17.7. The summed E-state index contributed by atoms with van der Waals surface area (Å²) >= 11 is 0. The van der Waals surface area contributed by atoms with E-state index in [9.17, 15) is 18.0 Å². The number of sulfonamides is 1. The van der Waals surface area contributed by atoms with Crippen molar-refractivity contribution in [1.29, 1.82) is 0 Å². The van der Waals surface area contributed by atoms with Gasteiger partial charge < -0.3 is 0 Å². The van der Waals surface area contributed by atoms with E-state index in [1.165, 1.54) is 29.0 Å². The first-order valence-corrected chi connectivity index (χ1v) is 9.94. The van der Waals surface area contributed by atoms with Crippen molar-refractivity contribution in [2.75, 3.05) is 0 Å². The van der Waals surface area contributed by atoms with Gasteiger partial charge in [0.25, 0.3) is 5.56 Å². The predicted molar refractivity (Wildman–Crippen MR) is 99.1 cm³/mol. The third-order valence-electron chi connectivity index (χ3n) is 4.91. The molecule has 0 saturated heterocycles. The minimum absolute atomic E-state index is 0.00809. The van der Waals surface area contributed by atoms with Crippen molar-refractivity contribution in [3.8, 4) is 0 Å². The highest BCUT2D eigenvalue weighted by molar-refractivity contribution is 7.89. The maximum atomic E-state index is 12.9. The van der Waals surface area contributed by atoms with Gasteiger partial charge in [-0.3, -0.25) is 19.0 Å². The van der Waals surface area contributed by atoms with Gasteiger partial charge >= 0.3 is 5.69 Å². The number of rotatable bonds is 5. The number of aromatic amines is 1. The lowest BCUT2D eigenvalue weighted by atomic mass is 10.2. The maximum Gasteiger partial charge on any atom is 0.331 e. The first-order chi connectivity index (χ1) is 12.7. The van der Waals surface area contributed by atoms with E-state index in [1.807, 2.05) is 6.92 Å². The van der Waals surface area contributed by atoms with E-state index in [0.717, 1.165) is 17.4 Å². The number of aromatic nitrogens is 4. The fraction of sp³-hybridized carbons (Fsp3) is 0.353. The summed E-state index contributed by atoms with van der Waals surface area (Å²) in [5.74, 6) is 0.